The third-order valence-corrected chi connectivity index (χ3v) is 3.06. The van der Waals surface area contributed by atoms with Crippen LogP contribution in [0.3, 0.4) is 0 Å². The van der Waals surface area contributed by atoms with Crippen molar-refractivity contribution in [1.29, 1.82) is 0 Å². The highest BCUT2D eigenvalue weighted by atomic mass is 19.3. The fraction of sp³-hybridized carbons (Fsp3) is 0.429. The monoisotopic (exact) mass is 298 g/mol. The zero-order valence-electron chi connectivity index (χ0n) is 11.4. The van der Waals surface area contributed by atoms with E-state index in [9.17, 15) is 13.6 Å². The van der Waals surface area contributed by atoms with E-state index >= 15 is 0 Å². The van der Waals surface area contributed by atoms with Gasteiger partial charge in [-0.15, -0.1) is 0 Å². The maximum Gasteiger partial charge on any atom is 0.335 e. The summed E-state index contributed by atoms with van der Waals surface area (Å²) in [6.45, 7) is 1.19. The summed E-state index contributed by atoms with van der Waals surface area (Å²) in [6, 6.07) is 2.73. The van der Waals surface area contributed by atoms with E-state index in [1.165, 1.54) is 19.2 Å². The van der Waals surface area contributed by atoms with Crippen LogP contribution in [0.2, 0.25) is 0 Å². The second-order valence-electron chi connectivity index (χ2n) is 4.95. The number of nitrogens with two attached hydrogens (primary N) is 1. The van der Waals surface area contributed by atoms with Gasteiger partial charge < -0.3 is 15.6 Å². The lowest BCUT2D eigenvalue weighted by atomic mass is 10.1. The molecule has 0 aliphatic heterocycles. The van der Waals surface area contributed by atoms with Crippen LogP contribution in [0.1, 0.15) is 35.7 Å². The standard InChI is InChI=1S/C14H16F2N2O3/c1-7(13(15)16)21-11-5-8(14(19)20)4-9(12(11)17)6-18-10-2-3-10/h4-7,10,13H,2-3,17H2,1H3,(H,19,20)/t7-/m0/s1. The van der Waals surface area contributed by atoms with Gasteiger partial charge in [0.2, 0.25) is 0 Å². The van der Waals surface area contributed by atoms with Crippen molar-refractivity contribution < 1.29 is 23.4 Å². The third-order valence-electron chi connectivity index (χ3n) is 3.06. The van der Waals surface area contributed by atoms with Gasteiger partial charge in [-0.25, -0.2) is 13.6 Å². The Kier molecular flexibility index (Phi) is 4.40. The van der Waals surface area contributed by atoms with Crippen molar-refractivity contribution in [1.82, 2.24) is 0 Å². The first kappa shape index (κ1) is 15.2. The molecule has 7 heteroatoms. The summed E-state index contributed by atoms with van der Waals surface area (Å²) in [6.07, 6.45) is -0.632. The van der Waals surface area contributed by atoms with Crippen LogP contribution >= 0.6 is 0 Å². The van der Waals surface area contributed by atoms with Crippen molar-refractivity contribution in [2.24, 2.45) is 4.99 Å². The summed E-state index contributed by atoms with van der Waals surface area (Å²) < 4.78 is 30.2. The van der Waals surface area contributed by atoms with Gasteiger partial charge in [0.05, 0.1) is 17.3 Å². The molecule has 21 heavy (non-hydrogen) atoms. The van der Waals surface area contributed by atoms with Crippen LogP contribution in [0.5, 0.6) is 5.75 Å². The number of carboxylic acid groups (broad SMARTS) is 1. The predicted octanol–water partition coefficient (Wildman–Crippen LogP) is 2.58. The number of hydrogen-bond donors (Lipinski definition) is 2. The van der Waals surface area contributed by atoms with Crippen molar-refractivity contribution in [3.63, 3.8) is 0 Å². The highest BCUT2D eigenvalue weighted by molar-refractivity contribution is 5.96. The molecular weight excluding hydrogens is 282 g/mol. The fourth-order valence-corrected chi connectivity index (χ4v) is 1.64. The van der Waals surface area contributed by atoms with Gasteiger partial charge in [-0.05, 0) is 31.9 Å². The molecule has 1 aliphatic carbocycles. The quantitative estimate of drug-likeness (QED) is 0.624. The van der Waals surface area contributed by atoms with Gasteiger partial charge in [-0.3, -0.25) is 4.99 Å². The van der Waals surface area contributed by atoms with Gasteiger partial charge in [-0.1, -0.05) is 0 Å². The highest BCUT2D eigenvalue weighted by Gasteiger charge is 2.21. The van der Waals surface area contributed by atoms with Crippen molar-refractivity contribution in [2.75, 3.05) is 5.73 Å². The smallest absolute Gasteiger partial charge is 0.335 e. The number of anilines is 1. The molecule has 0 unspecified atom stereocenters. The summed E-state index contributed by atoms with van der Waals surface area (Å²) in [5.41, 5.74) is 6.24. The molecule has 1 aromatic carbocycles. The Bertz CT molecular complexity index is 572. The first-order valence-electron chi connectivity index (χ1n) is 6.53. The number of hydrogen-bond acceptors (Lipinski definition) is 4. The van der Waals surface area contributed by atoms with Crippen LogP contribution in [0.15, 0.2) is 17.1 Å². The Hall–Kier alpha value is -2.18. The fourth-order valence-electron chi connectivity index (χ4n) is 1.64. The summed E-state index contributed by atoms with van der Waals surface area (Å²) in [5.74, 6) is -1.26. The Morgan fingerprint density at radius 1 is 1.52 bits per heavy atom. The van der Waals surface area contributed by atoms with E-state index < -0.39 is 18.5 Å². The zero-order valence-corrected chi connectivity index (χ0v) is 11.4. The van der Waals surface area contributed by atoms with Crippen LogP contribution < -0.4 is 10.5 Å². The molecule has 0 heterocycles. The first-order chi connectivity index (χ1) is 9.88. The second kappa shape index (κ2) is 6.07. The van der Waals surface area contributed by atoms with Crippen molar-refractivity contribution in [3.8, 4) is 5.75 Å². The number of benzene rings is 1. The number of aliphatic imine (C=N–C) groups is 1. The van der Waals surface area contributed by atoms with Gasteiger partial charge in [0.25, 0.3) is 6.43 Å². The minimum absolute atomic E-state index is 0.0695. The largest absolute Gasteiger partial charge is 0.483 e. The van der Waals surface area contributed by atoms with Crippen LogP contribution in [0, 0.1) is 0 Å². The highest BCUT2D eigenvalue weighted by Crippen LogP contribution is 2.30. The minimum atomic E-state index is -2.69. The van der Waals surface area contributed by atoms with Gasteiger partial charge in [0, 0.05) is 11.8 Å². The van der Waals surface area contributed by atoms with E-state index in [1.54, 1.807) is 0 Å². The Morgan fingerprint density at radius 2 is 2.19 bits per heavy atom. The molecule has 3 N–H and O–H groups in total. The molecule has 1 aromatic rings. The number of rotatable bonds is 6. The van der Waals surface area contributed by atoms with E-state index in [2.05, 4.69) is 4.99 Å². The number of alkyl halides is 2. The molecule has 0 bridgehead atoms. The average Bonchev–Trinajstić information content (AvgIpc) is 3.23. The molecule has 0 saturated heterocycles. The molecule has 1 aliphatic rings. The number of ether oxygens (including phenoxy) is 1. The molecule has 0 amide bonds. The SMILES string of the molecule is C[C@H](Oc1cc(C(=O)O)cc(C=NC2CC2)c1N)C(F)F. The Balaban J connectivity index is 2.34. The van der Waals surface area contributed by atoms with Crippen molar-refractivity contribution >= 4 is 17.9 Å². The molecule has 1 fully saturated rings. The molecule has 0 radical (unpaired) electrons. The number of carbonyl (C=O) groups is 1. The number of nitrogens with zero attached hydrogens (tertiary/aromatic N) is 1. The van der Waals surface area contributed by atoms with Crippen molar-refractivity contribution in [3.05, 3.63) is 23.3 Å². The zero-order chi connectivity index (χ0) is 15.6. The number of aromatic carboxylic acids is 1. The van der Waals surface area contributed by atoms with E-state index in [4.69, 9.17) is 15.6 Å². The van der Waals surface area contributed by atoms with Crippen molar-refractivity contribution in [2.45, 2.75) is 38.3 Å². The van der Waals surface area contributed by atoms with Crippen LogP contribution in [-0.4, -0.2) is 35.9 Å². The first-order valence-corrected chi connectivity index (χ1v) is 6.53. The molecule has 114 valence electrons. The molecule has 1 saturated carbocycles. The predicted molar refractivity (Wildman–Crippen MR) is 74.5 cm³/mol. The van der Waals surface area contributed by atoms with Gasteiger partial charge in [0.15, 0.2) is 6.10 Å². The van der Waals surface area contributed by atoms with E-state index in [0.717, 1.165) is 18.9 Å². The Labute approximate surface area is 120 Å². The summed E-state index contributed by atoms with van der Waals surface area (Å²) in [4.78, 5) is 15.3. The summed E-state index contributed by atoms with van der Waals surface area (Å²) >= 11 is 0. The minimum Gasteiger partial charge on any atom is -0.483 e. The Morgan fingerprint density at radius 3 is 2.71 bits per heavy atom. The van der Waals surface area contributed by atoms with Gasteiger partial charge >= 0.3 is 5.97 Å². The van der Waals surface area contributed by atoms with Crippen LogP contribution in [-0.2, 0) is 0 Å². The van der Waals surface area contributed by atoms with E-state index in [0.29, 0.717) is 5.56 Å². The molecule has 2 rings (SSSR count). The van der Waals surface area contributed by atoms with Gasteiger partial charge in [-0.2, -0.15) is 0 Å². The number of halogens is 2. The third kappa shape index (κ3) is 3.90. The maximum absolute atomic E-state index is 12.6. The average molecular weight is 298 g/mol. The lowest BCUT2D eigenvalue weighted by Crippen LogP contribution is -2.22. The molecule has 0 aromatic heterocycles. The normalized spacial score (nSPS) is 16.4. The molecule has 1 atom stereocenters. The number of nitrogen functional groups attached to an aromatic ring is 1. The second-order valence-corrected chi connectivity index (χ2v) is 4.95. The van der Waals surface area contributed by atoms with E-state index in [-0.39, 0.29) is 23.0 Å². The van der Waals surface area contributed by atoms with E-state index in [1.807, 2.05) is 0 Å². The van der Waals surface area contributed by atoms with Crippen LogP contribution in [0.4, 0.5) is 14.5 Å². The lowest BCUT2D eigenvalue weighted by Gasteiger charge is -2.17. The maximum atomic E-state index is 12.6. The molecule has 0 spiro atoms. The molecular formula is C14H16F2N2O3. The number of carboxylic acids is 1. The summed E-state index contributed by atoms with van der Waals surface area (Å²) in [7, 11) is 0. The molecule has 5 nitrogen and oxygen atoms in total. The van der Waals surface area contributed by atoms with Crippen LogP contribution in [0.25, 0.3) is 0 Å². The topological polar surface area (TPSA) is 84.9 Å². The summed E-state index contributed by atoms with van der Waals surface area (Å²) in [5, 5.41) is 9.07. The lowest BCUT2D eigenvalue weighted by molar-refractivity contribution is 0.0229. The van der Waals surface area contributed by atoms with Gasteiger partial charge in [0.1, 0.15) is 5.75 Å².